The maximum Gasteiger partial charge on any atom is 0.339 e. The first-order chi connectivity index (χ1) is 21.8. The summed E-state index contributed by atoms with van der Waals surface area (Å²) in [7, 11) is 0. The molecule has 222 valence electrons. The fourth-order valence-corrected chi connectivity index (χ4v) is 5.21. The van der Waals surface area contributed by atoms with Gasteiger partial charge < -0.3 is 19.7 Å². The second-order valence-corrected chi connectivity index (χ2v) is 11.0. The first-order valence-corrected chi connectivity index (χ1v) is 14.7. The minimum Gasteiger partial charge on any atom is -0.506 e. The number of carboxylic acids is 1. The Bertz CT molecular complexity index is 2110. The number of para-hydroxylation sites is 2. The normalized spacial score (nSPS) is 11.2. The number of aromatic carboxylic acids is 1. The van der Waals surface area contributed by atoms with Crippen LogP contribution in [0.2, 0.25) is 0 Å². The Balaban J connectivity index is 1.26. The molecule has 0 bridgehead atoms. The zero-order valence-electron chi connectivity index (χ0n) is 23.7. The third-order valence-corrected chi connectivity index (χ3v) is 7.49. The first kappa shape index (κ1) is 29.5. The maximum atomic E-state index is 13.0. The first-order valence-electron chi connectivity index (χ1n) is 13.9. The van der Waals surface area contributed by atoms with E-state index in [9.17, 15) is 19.8 Å². The number of carbonyl (C=O) groups excluding carboxylic acids is 1. The van der Waals surface area contributed by atoms with Crippen molar-refractivity contribution in [2.45, 2.75) is 13.2 Å². The van der Waals surface area contributed by atoms with Crippen LogP contribution in [0.25, 0.3) is 27.9 Å². The van der Waals surface area contributed by atoms with Crippen LogP contribution < -0.4 is 9.47 Å². The smallest absolute Gasteiger partial charge is 0.339 e. The van der Waals surface area contributed by atoms with Crippen molar-refractivity contribution in [3.8, 4) is 17.2 Å². The van der Waals surface area contributed by atoms with Crippen molar-refractivity contribution in [2.75, 3.05) is 0 Å². The highest BCUT2D eigenvalue weighted by Crippen LogP contribution is 2.32. The van der Waals surface area contributed by atoms with Gasteiger partial charge in [0.1, 0.15) is 24.5 Å². The molecule has 0 aliphatic rings. The molecule has 45 heavy (non-hydrogen) atoms. The maximum absolute atomic E-state index is 13.0. The third-order valence-electron chi connectivity index (χ3n) is 7.03. The molecule has 0 atom stereocenters. The second-order valence-electron chi connectivity index (χ2n) is 10.1. The van der Waals surface area contributed by atoms with Gasteiger partial charge >= 0.3 is 5.97 Å². The molecule has 2 aromatic heterocycles. The summed E-state index contributed by atoms with van der Waals surface area (Å²) in [4.78, 5) is 33.8. The summed E-state index contributed by atoms with van der Waals surface area (Å²) in [5, 5.41) is 21.8. The van der Waals surface area contributed by atoms with Crippen molar-refractivity contribution in [1.29, 1.82) is 0 Å². The van der Waals surface area contributed by atoms with E-state index in [4.69, 9.17) is 9.47 Å². The zero-order chi connectivity index (χ0) is 31.3. The predicted octanol–water partition coefficient (Wildman–Crippen LogP) is 8.00. The summed E-state index contributed by atoms with van der Waals surface area (Å²) >= 11 is 3.20. The highest BCUT2D eigenvalue weighted by Gasteiger charge is 2.18. The summed E-state index contributed by atoms with van der Waals surface area (Å²) in [5.74, 6) is -1.60. The molecule has 6 rings (SSSR count). The molecule has 2 N–H and O–H groups in total. The molecule has 0 spiro atoms. The van der Waals surface area contributed by atoms with Crippen LogP contribution in [0.5, 0.6) is 17.2 Å². The summed E-state index contributed by atoms with van der Waals surface area (Å²) in [6.07, 6.45) is 2.82. The number of benzene rings is 4. The average molecular weight is 662 g/mol. The van der Waals surface area contributed by atoms with E-state index < -0.39 is 17.5 Å². The van der Waals surface area contributed by atoms with E-state index in [1.54, 1.807) is 24.3 Å². The SMILES string of the molecule is O=C(O)c1cc(Br)cc(C(=O)/C=C/c2ccc(OCc3ccc4ccccc4n3)c(OCc3ccc4ccccc4n3)c2)c1O. The fourth-order valence-electron chi connectivity index (χ4n) is 4.75. The van der Waals surface area contributed by atoms with Gasteiger partial charge in [-0.2, -0.15) is 0 Å². The lowest BCUT2D eigenvalue weighted by atomic mass is 10.0. The molecule has 0 amide bonds. The summed E-state index contributed by atoms with van der Waals surface area (Å²) < 4.78 is 12.7. The molecule has 0 aliphatic heterocycles. The lowest BCUT2D eigenvalue weighted by molar-refractivity contribution is 0.0693. The molecular formula is C36H25BrN2O6. The van der Waals surface area contributed by atoms with Crippen LogP contribution in [-0.4, -0.2) is 31.9 Å². The average Bonchev–Trinajstić information content (AvgIpc) is 3.06. The second kappa shape index (κ2) is 13.0. The molecule has 0 saturated carbocycles. The van der Waals surface area contributed by atoms with Gasteiger partial charge in [0.25, 0.3) is 0 Å². The van der Waals surface area contributed by atoms with E-state index in [0.717, 1.165) is 33.2 Å². The van der Waals surface area contributed by atoms with Crippen molar-refractivity contribution >= 4 is 55.6 Å². The number of ketones is 1. The minimum absolute atomic E-state index is 0.139. The number of allylic oxidation sites excluding steroid dienone is 1. The Morgan fingerprint density at radius 1 is 0.711 bits per heavy atom. The van der Waals surface area contributed by atoms with Gasteiger partial charge in [0.15, 0.2) is 17.3 Å². The van der Waals surface area contributed by atoms with Gasteiger partial charge in [-0.3, -0.25) is 4.79 Å². The number of carboxylic acid groups (broad SMARTS) is 1. The number of carbonyl (C=O) groups is 2. The quantitative estimate of drug-likeness (QED) is 0.112. The number of fused-ring (bicyclic) bond motifs is 2. The van der Waals surface area contributed by atoms with E-state index in [2.05, 4.69) is 25.9 Å². The minimum atomic E-state index is -1.34. The van der Waals surface area contributed by atoms with E-state index in [0.29, 0.717) is 21.5 Å². The molecule has 2 heterocycles. The van der Waals surface area contributed by atoms with Crippen LogP contribution in [0.1, 0.15) is 37.7 Å². The largest absolute Gasteiger partial charge is 0.506 e. The Kier molecular flexibility index (Phi) is 8.52. The summed E-state index contributed by atoms with van der Waals surface area (Å²) in [6, 6.07) is 31.3. The Morgan fingerprint density at radius 2 is 1.29 bits per heavy atom. The molecule has 0 fully saturated rings. The lowest BCUT2D eigenvalue weighted by Gasteiger charge is -2.14. The van der Waals surface area contributed by atoms with Crippen LogP contribution >= 0.6 is 15.9 Å². The molecule has 9 heteroatoms. The zero-order valence-corrected chi connectivity index (χ0v) is 25.3. The number of hydrogen-bond acceptors (Lipinski definition) is 7. The number of pyridine rings is 2. The number of aromatic nitrogens is 2. The van der Waals surface area contributed by atoms with Gasteiger partial charge in [0.2, 0.25) is 0 Å². The van der Waals surface area contributed by atoms with Crippen LogP contribution in [0.4, 0.5) is 0 Å². The summed E-state index contributed by atoms with van der Waals surface area (Å²) in [6.45, 7) is 0.378. The highest BCUT2D eigenvalue weighted by molar-refractivity contribution is 9.10. The van der Waals surface area contributed by atoms with E-state index in [-0.39, 0.29) is 24.3 Å². The van der Waals surface area contributed by atoms with Crippen molar-refractivity contribution in [1.82, 2.24) is 9.97 Å². The molecule has 6 aromatic rings. The van der Waals surface area contributed by atoms with Gasteiger partial charge in [0.05, 0.1) is 28.0 Å². The number of phenols is 1. The molecule has 0 saturated heterocycles. The number of aromatic hydroxyl groups is 1. The highest BCUT2D eigenvalue weighted by atomic mass is 79.9. The number of ether oxygens (including phenoxy) is 2. The van der Waals surface area contributed by atoms with Crippen molar-refractivity contribution < 1.29 is 29.3 Å². The Hall–Kier alpha value is -5.54. The summed E-state index contributed by atoms with van der Waals surface area (Å²) in [5.41, 5.74) is 3.31. The molecule has 4 aromatic carbocycles. The van der Waals surface area contributed by atoms with Crippen molar-refractivity contribution in [3.05, 3.63) is 142 Å². The van der Waals surface area contributed by atoms with E-state index >= 15 is 0 Å². The topological polar surface area (TPSA) is 119 Å². The fraction of sp³-hybridized carbons (Fsp3) is 0.0556. The van der Waals surface area contributed by atoms with Gasteiger partial charge in [-0.05, 0) is 60.2 Å². The van der Waals surface area contributed by atoms with Gasteiger partial charge in [-0.15, -0.1) is 0 Å². The van der Waals surface area contributed by atoms with Crippen LogP contribution in [-0.2, 0) is 13.2 Å². The molecule has 0 aliphatic carbocycles. The van der Waals surface area contributed by atoms with E-state index in [1.165, 1.54) is 18.2 Å². The number of halogens is 1. The molecule has 0 radical (unpaired) electrons. The monoisotopic (exact) mass is 660 g/mol. The van der Waals surface area contributed by atoms with Crippen molar-refractivity contribution in [2.24, 2.45) is 0 Å². The number of hydrogen-bond donors (Lipinski definition) is 2. The van der Waals surface area contributed by atoms with Crippen molar-refractivity contribution in [3.63, 3.8) is 0 Å². The Morgan fingerprint density at radius 3 is 1.91 bits per heavy atom. The van der Waals surface area contributed by atoms with Crippen LogP contribution in [0, 0.1) is 0 Å². The lowest BCUT2D eigenvalue weighted by Crippen LogP contribution is -2.03. The predicted molar refractivity (Wildman–Crippen MR) is 175 cm³/mol. The van der Waals surface area contributed by atoms with Crippen LogP contribution in [0.15, 0.2) is 114 Å². The Labute approximate surface area is 266 Å². The molecular weight excluding hydrogens is 636 g/mol. The van der Waals surface area contributed by atoms with Gasteiger partial charge in [-0.25, -0.2) is 14.8 Å². The van der Waals surface area contributed by atoms with E-state index in [1.807, 2.05) is 72.8 Å². The molecule has 0 unspecified atom stereocenters. The number of nitrogens with zero attached hydrogens (tertiary/aromatic N) is 2. The molecule has 8 nitrogen and oxygen atoms in total. The standard InChI is InChI=1S/C36H25BrN2O6/c37-25-18-28(35(41)29(19-25)36(42)43)32(40)15-9-22-10-16-33(44-20-26-13-11-23-5-1-3-7-30(23)38-26)34(17-22)45-21-27-14-12-24-6-2-4-8-31(24)39-27/h1-19,41H,20-21H2,(H,42,43)/b15-9+. The third kappa shape index (κ3) is 6.84. The van der Waals surface area contributed by atoms with Gasteiger partial charge in [-0.1, -0.05) is 76.6 Å². The number of rotatable bonds is 10. The van der Waals surface area contributed by atoms with Crippen LogP contribution in [0.3, 0.4) is 0 Å². The van der Waals surface area contributed by atoms with Gasteiger partial charge in [0, 0.05) is 15.2 Å².